The average molecular weight is 861 g/mol. The van der Waals surface area contributed by atoms with E-state index in [2.05, 4.69) is 60.5 Å². The van der Waals surface area contributed by atoms with Gasteiger partial charge in [0.15, 0.2) is 22.9 Å². The van der Waals surface area contributed by atoms with Gasteiger partial charge in [0.05, 0.1) is 11.1 Å². The van der Waals surface area contributed by atoms with Crippen molar-refractivity contribution in [2.45, 2.75) is 25.2 Å². The van der Waals surface area contributed by atoms with Gasteiger partial charge in [-0.1, -0.05) is 35.9 Å². The number of hydrogen-bond donors (Lipinski definition) is 3. The van der Waals surface area contributed by atoms with Crippen molar-refractivity contribution in [3.05, 3.63) is 150 Å². The van der Waals surface area contributed by atoms with E-state index >= 15 is 0 Å². The van der Waals surface area contributed by atoms with E-state index in [1.54, 1.807) is 49.1 Å². The molecule has 0 aliphatic heterocycles. The first kappa shape index (κ1) is 43.2. The Morgan fingerprint density at radius 2 is 1.00 bits per heavy atom. The third kappa shape index (κ3) is 12.8. The molecule has 0 saturated heterocycles. The zero-order chi connectivity index (χ0) is 43.2. The van der Waals surface area contributed by atoms with Crippen LogP contribution in [0.3, 0.4) is 0 Å². The van der Waals surface area contributed by atoms with Gasteiger partial charge >= 0.3 is 12.4 Å². The number of alkyl halides is 6. The minimum absolute atomic E-state index is 0.0537. The van der Waals surface area contributed by atoms with E-state index in [1.165, 1.54) is 18.7 Å². The molecule has 0 bridgehead atoms. The maximum Gasteiger partial charge on any atom is 0.417 e. The Labute approximate surface area is 347 Å². The molecule has 0 radical (unpaired) electrons. The standard InChI is InChI=1S/C20H15F3N6O.C14H13N5O.C6H3ClF3N/c21-20(22,23)14-3-6-16(27-11-14)30-15-4-1-13(2-5-15)7-8-25-18-17-19(29-12-28-18)26-10-9-24-17;20-11-3-1-10(2-4-11)5-6-16-13-12-14(19-9-18-13)17-8-7-15-12;7-5-2-1-4(3-11-5)6(8,9)10/h1-6,9-12H,7-8H2,(H,25,26,28,29);1-4,7-9,20H,5-6H2,(H,16,17,18,19);1-3H. The van der Waals surface area contributed by atoms with Crippen molar-refractivity contribution in [3.63, 3.8) is 0 Å². The van der Waals surface area contributed by atoms with Crippen molar-refractivity contribution in [1.82, 2.24) is 49.8 Å². The lowest BCUT2D eigenvalue weighted by Crippen LogP contribution is -2.08. The number of aromatic nitrogens is 10. The molecule has 14 nitrogen and oxygen atoms in total. The molecule has 61 heavy (non-hydrogen) atoms. The van der Waals surface area contributed by atoms with Gasteiger partial charge in [-0.15, -0.1) is 0 Å². The SMILES string of the molecule is FC(F)(F)c1ccc(Cl)nc1.FC(F)(F)c1ccc(Oc2ccc(CCNc3ncnc4nccnc34)cc2)nc1.Oc1ccc(CCNc2ncnc3nccnc23)cc1. The monoisotopic (exact) mass is 860 g/mol. The average Bonchev–Trinajstić information content (AvgIpc) is 3.25. The highest BCUT2D eigenvalue weighted by molar-refractivity contribution is 6.29. The Hall–Kier alpha value is -7.35. The summed E-state index contributed by atoms with van der Waals surface area (Å²) in [6, 6.07) is 18.5. The summed E-state index contributed by atoms with van der Waals surface area (Å²) < 4.78 is 78.7. The van der Waals surface area contributed by atoms with Crippen molar-refractivity contribution < 1.29 is 36.2 Å². The maximum atomic E-state index is 12.6. The molecular weight excluding hydrogens is 830 g/mol. The minimum atomic E-state index is -4.42. The lowest BCUT2D eigenvalue weighted by molar-refractivity contribution is -0.138. The lowest BCUT2D eigenvalue weighted by Gasteiger charge is -2.09. The molecule has 0 aliphatic carbocycles. The van der Waals surface area contributed by atoms with Crippen LogP contribution in [0.5, 0.6) is 17.4 Å². The van der Waals surface area contributed by atoms with Crippen LogP contribution in [0.2, 0.25) is 5.15 Å². The second kappa shape index (κ2) is 20.1. The number of nitrogens with zero attached hydrogens (tertiary/aromatic N) is 10. The molecule has 6 aromatic heterocycles. The van der Waals surface area contributed by atoms with E-state index in [0.717, 1.165) is 41.9 Å². The quantitative estimate of drug-likeness (QED) is 0.0876. The molecule has 0 aliphatic rings. The summed E-state index contributed by atoms with van der Waals surface area (Å²) in [6.45, 7) is 1.33. The molecule has 0 atom stereocenters. The van der Waals surface area contributed by atoms with Gasteiger partial charge in [-0.05, 0) is 66.4 Å². The van der Waals surface area contributed by atoms with Crippen LogP contribution in [0.25, 0.3) is 22.3 Å². The second-order valence-electron chi connectivity index (χ2n) is 12.4. The molecular formula is C40H31ClF6N12O2. The summed E-state index contributed by atoms with van der Waals surface area (Å²) in [7, 11) is 0. The first-order valence-corrected chi connectivity index (χ1v) is 18.3. The highest BCUT2D eigenvalue weighted by Crippen LogP contribution is 2.31. The molecule has 0 unspecified atom stereocenters. The third-order valence-corrected chi connectivity index (χ3v) is 8.38. The van der Waals surface area contributed by atoms with Gasteiger partial charge in [-0.25, -0.2) is 49.8 Å². The van der Waals surface area contributed by atoms with Crippen LogP contribution < -0.4 is 15.4 Å². The fourth-order valence-electron chi connectivity index (χ4n) is 5.16. The predicted octanol–water partition coefficient (Wildman–Crippen LogP) is 8.81. The molecule has 8 rings (SSSR count). The number of halogens is 7. The van der Waals surface area contributed by atoms with Crippen LogP contribution in [0.15, 0.2) is 123 Å². The van der Waals surface area contributed by atoms with Crippen LogP contribution in [0.4, 0.5) is 38.0 Å². The Balaban J connectivity index is 0.000000172. The van der Waals surface area contributed by atoms with Crippen molar-refractivity contribution in [2.24, 2.45) is 0 Å². The number of aromatic hydroxyl groups is 1. The number of pyridine rings is 2. The fourth-order valence-corrected chi connectivity index (χ4v) is 5.27. The molecule has 0 amide bonds. The van der Waals surface area contributed by atoms with Crippen LogP contribution in [0, 0.1) is 0 Å². The number of ether oxygens (including phenoxy) is 1. The molecule has 8 aromatic rings. The molecule has 6 heterocycles. The number of phenols is 1. The Kier molecular flexibility index (Phi) is 14.2. The topological polar surface area (TPSA) is 182 Å². The van der Waals surface area contributed by atoms with E-state index in [1.807, 2.05) is 24.3 Å². The largest absolute Gasteiger partial charge is 0.508 e. The molecule has 0 saturated carbocycles. The smallest absolute Gasteiger partial charge is 0.417 e. The summed E-state index contributed by atoms with van der Waals surface area (Å²) in [4.78, 5) is 40.3. The third-order valence-electron chi connectivity index (χ3n) is 8.15. The van der Waals surface area contributed by atoms with Crippen LogP contribution in [0.1, 0.15) is 22.3 Å². The minimum Gasteiger partial charge on any atom is -0.508 e. The number of hydrogen-bond acceptors (Lipinski definition) is 14. The van der Waals surface area contributed by atoms with Gasteiger partial charge < -0.3 is 20.5 Å². The van der Waals surface area contributed by atoms with Gasteiger partial charge in [0, 0.05) is 56.3 Å². The van der Waals surface area contributed by atoms with Crippen molar-refractivity contribution in [1.29, 1.82) is 0 Å². The van der Waals surface area contributed by atoms with Crippen molar-refractivity contribution >= 4 is 45.6 Å². The van der Waals surface area contributed by atoms with Gasteiger partial charge in [-0.3, -0.25) is 0 Å². The predicted molar refractivity (Wildman–Crippen MR) is 213 cm³/mol. The lowest BCUT2D eigenvalue weighted by atomic mass is 10.1. The zero-order valence-electron chi connectivity index (χ0n) is 31.3. The van der Waals surface area contributed by atoms with E-state index < -0.39 is 23.5 Å². The van der Waals surface area contributed by atoms with Gasteiger partial charge in [0.25, 0.3) is 0 Å². The van der Waals surface area contributed by atoms with Gasteiger partial charge in [0.2, 0.25) is 5.88 Å². The highest BCUT2D eigenvalue weighted by atomic mass is 35.5. The highest BCUT2D eigenvalue weighted by Gasteiger charge is 2.31. The number of nitrogens with one attached hydrogen (secondary N) is 2. The van der Waals surface area contributed by atoms with Crippen LogP contribution in [-0.2, 0) is 25.2 Å². The maximum absolute atomic E-state index is 12.6. The summed E-state index contributed by atoms with van der Waals surface area (Å²) >= 11 is 5.28. The molecule has 312 valence electrons. The number of fused-ring (bicyclic) bond motifs is 2. The Morgan fingerprint density at radius 1 is 0.525 bits per heavy atom. The van der Waals surface area contributed by atoms with Crippen LogP contribution in [-0.4, -0.2) is 68.0 Å². The summed E-state index contributed by atoms with van der Waals surface area (Å²) in [5.74, 6) is 2.15. The Morgan fingerprint density at radius 3 is 1.46 bits per heavy atom. The van der Waals surface area contributed by atoms with Crippen molar-refractivity contribution in [3.8, 4) is 17.4 Å². The number of phenolic OH excluding ortho intramolecular Hbond substituents is 1. The summed E-state index contributed by atoms with van der Waals surface area (Å²) in [5, 5.41) is 15.7. The molecule has 3 N–H and O–H groups in total. The molecule has 0 spiro atoms. The van der Waals surface area contributed by atoms with E-state index in [9.17, 15) is 31.4 Å². The second-order valence-corrected chi connectivity index (χ2v) is 12.8. The molecule has 0 fully saturated rings. The zero-order valence-corrected chi connectivity index (χ0v) is 32.1. The first-order chi connectivity index (χ1) is 29.3. The Bertz CT molecular complexity index is 2620. The van der Waals surface area contributed by atoms with E-state index in [4.69, 9.17) is 16.3 Å². The normalized spacial score (nSPS) is 11.2. The van der Waals surface area contributed by atoms with Crippen molar-refractivity contribution in [2.75, 3.05) is 23.7 Å². The number of rotatable bonds is 10. The molecule has 21 heteroatoms. The summed E-state index contributed by atoms with van der Waals surface area (Å²) in [6.07, 6.45) is 3.51. The molecule has 2 aromatic carbocycles. The number of anilines is 2. The van der Waals surface area contributed by atoms with Gasteiger partial charge in [0.1, 0.15) is 40.3 Å². The summed E-state index contributed by atoms with van der Waals surface area (Å²) in [5.41, 5.74) is 2.94. The van der Waals surface area contributed by atoms with E-state index in [0.29, 0.717) is 65.4 Å². The van der Waals surface area contributed by atoms with E-state index in [-0.39, 0.29) is 16.8 Å². The fraction of sp³-hybridized carbons (Fsp3) is 0.150. The number of benzene rings is 2. The first-order valence-electron chi connectivity index (χ1n) is 17.9. The van der Waals surface area contributed by atoms with Gasteiger partial charge in [-0.2, -0.15) is 26.3 Å². The van der Waals surface area contributed by atoms with Crippen LogP contribution >= 0.6 is 11.6 Å².